The number of amides is 1. The molecule has 2 atom stereocenters. The maximum absolute atomic E-state index is 12.1. The Kier molecular flexibility index (Phi) is 6.16. The van der Waals surface area contributed by atoms with E-state index in [1.807, 2.05) is 31.2 Å². The lowest BCUT2D eigenvalue weighted by Gasteiger charge is -2.36. The van der Waals surface area contributed by atoms with E-state index in [1.165, 1.54) is 11.8 Å². The molecular formula is C18H25N5O2S. The van der Waals surface area contributed by atoms with Crippen molar-refractivity contribution in [3.05, 3.63) is 30.1 Å². The van der Waals surface area contributed by atoms with Gasteiger partial charge in [0.1, 0.15) is 5.82 Å². The van der Waals surface area contributed by atoms with Gasteiger partial charge in [0.25, 0.3) is 0 Å². The van der Waals surface area contributed by atoms with Gasteiger partial charge in [0.2, 0.25) is 11.1 Å². The number of ether oxygens (including phenoxy) is 1. The minimum Gasteiger partial charge on any atom is -0.372 e. The van der Waals surface area contributed by atoms with Gasteiger partial charge in [-0.25, -0.2) is 4.98 Å². The normalized spacial score (nSPS) is 20.2. The lowest BCUT2D eigenvalue weighted by atomic mass is 10.2. The van der Waals surface area contributed by atoms with Crippen molar-refractivity contribution in [2.24, 2.45) is 0 Å². The van der Waals surface area contributed by atoms with E-state index in [2.05, 4.69) is 39.2 Å². The zero-order valence-electron chi connectivity index (χ0n) is 15.4. The van der Waals surface area contributed by atoms with Crippen molar-refractivity contribution in [3.63, 3.8) is 0 Å². The van der Waals surface area contributed by atoms with Crippen molar-refractivity contribution in [3.8, 4) is 0 Å². The van der Waals surface area contributed by atoms with Crippen LogP contribution < -0.4 is 10.2 Å². The van der Waals surface area contributed by atoms with Crippen LogP contribution in [-0.2, 0) is 16.0 Å². The summed E-state index contributed by atoms with van der Waals surface area (Å²) in [6, 6.07) is 7.95. The predicted molar refractivity (Wildman–Crippen MR) is 104 cm³/mol. The Morgan fingerprint density at radius 3 is 2.62 bits per heavy atom. The Labute approximate surface area is 157 Å². The molecule has 0 aliphatic carbocycles. The van der Waals surface area contributed by atoms with Gasteiger partial charge in [-0.15, -0.1) is 5.10 Å². The van der Waals surface area contributed by atoms with Gasteiger partial charge in [-0.05, 0) is 38.1 Å². The number of morpholine rings is 1. The molecule has 2 heterocycles. The summed E-state index contributed by atoms with van der Waals surface area (Å²) in [6.45, 7) is 7.94. The van der Waals surface area contributed by atoms with Crippen LogP contribution in [0.2, 0.25) is 0 Å². The van der Waals surface area contributed by atoms with E-state index in [0.29, 0.717) is 5.16 Å². The van der Waals surface area contributed by atoms with Gasteiger partial charge in [0.15, 0.2) is 0 Å². The van der Waals surface area contributed by atoms with Crippen LogP contribution in [0.15, 0.2) is 29.4 Å². The quantitative estimate of drug-likeness (QED) is 0.756. The molecule has 0 radical (unpaired) electrons. The van der Waals surface area contributed by atoms with Crippen molar-refractivity contribution in [1.82, 2.24) is 15.2 Å². The van der Waals surface area contributed by atoms with Crippen LogP contribution in [0.25, 0.3) is 0 Å². The molecule has 0 bridgehead atoms. The lowest BCUT2D eigenvalue weighted by Crippen LogP contribution is -2.45. The van der Waals surface area contributed by atoms with E-state index in [4.69, 9.17) is 4.74 Å². The molecule has 0 saturated carbocycles. The molecule has 7 nitrogen and oxygen atoms in total. The van der Waals surface area contributed by atoms with Gasteiger partial charge in [-0.2, -0.15) is 0 Å². The molecule has 3 rings (SSSR count). The van der Waals surface area contributed by atoms with Gasteiger partial charge in [-0.3, -0.25) is 9.89 Å². The van der Waals surface area contributed by atoms with E-state index >= 15 is 0 Å². The molecule has 0 spiro atoms. The minimum absolute atomic E-state index is 0.0702. The number of hydrogen-bond donors (Lipinski definition) is 2. The molecule has 1 amide bonds. The number of nitrogens with zero attached hydrogens (tertiary/aromatic N) is 3. The smallest absolute Gasteiger partial charge is 0.234 e. The monoisotopic (exact) mass is 375 g/mol. The fourth-order valence-electron chi connectivity index (χ4n) is 2.97. The molecule has 26 heavy (non-hydrogen) atoms. The molecule has 1 aromatic carbocycles. The Hall–Kier alpha value is -2.06. The highest BCUT2D eigenvalue weighted by molar-refractivity contribution is 7.99. The SMILES string of the molecule is CCc1nc(SCC(=O)Nc2ccc(N3C[C@@H](C)O[C@@H](C)C3)cc2)n[nH]1. The molecule has 1 aromatic heterocycles. The van der Waals surface area contributed by atoms with E-state index in [1.54, 1.807) is 0 Å². The molecule has 1 aliphatic rings. The maximum Gasteiger partial charge on any atom is 0.234 e. The summed E-state index contributed by atoms with van der Waals surface area (Å²) >= 11 is 1.32. The highest BCUT2D eigenvalue weighted by Crippen LogP contribution is 2.22. The summed E-state index contributed by atoms with van der Waals surface area (Å²) < 4.78 is 5.77. The van der Waals surface area contributed by atoms with Gasteiger partial charge >= 0.3 is 0 Å². The third-order valence-electron chi connectivity index (χ3n) is 4.11. The van der Waals surface area contributed by atoms with Crippen molar-refractivity contribution < 1.29 is 9.53 Å². The average Bonchev–Trinajstić information content (AvgIpc) is 3.08. The molecule has 2 aromatic rings. The molecule has 1 aliphatic heterocycles. The van der Waals surface area contributed by atoms with Crippen LogP contribution in [0.3, 0.4) is 0 Å². The number of aryl methyl sites for hydroxylation is 1. The zero-order chi connectivity index (χ0) is 18.5. The molecule has 2 N–H and O–H groups in total. The Morgan fingerprint density at radius 2 is 2.00 bits per heavy atom. The third-order valence-corrected chi connectivity index (χ3v) is 4.96. The van der Waals surface area contributed by atoms with Crippen molar-refractivity contribution >= 4 is 29.0 Å². The van der Waals surface area contributed by atoms with E-state index in [-0.39, 0.29) is 23.9 Å². The first kappa shape index (κ1) is 18.7. The lowest BCUT2D eigenvalue weighted by molar-refractivity contribution is -0.113. The summed E-state index contributed by atoms with van der Waals surface area (Å²) in [5.74, 6) is 1.04. The van der Waals surface area contributed by atoms with Gasteiger partial charge in [-0.1, -0.05) is 18.7 Å². The maximum atomic E-state index is 12.1. The number of aromatic nitrogens is 3. The summed E-state index contributed by atoms with van der Waals surface area (Å²) in [5, 5.41) is 10.4. The van der Waals surface area contributed by atoms with Crippen molar-refractivity contribution in [2.45, 2.75) is 44.6 Å². The minimum atomic E-state index is -0.0702. The number of benzene rings is 1. The number of carbonyl (C=O) groups is 1. The Balaban J connectivity index is 1.51. The third kappa shape index (κ3) is 4.98. The topological polar surface area (TPSA) is 83.1 Å². The van der Waals surface area contributed by atoms with Crippen LogP contribution in [-0.4, -0.2) is 52.1 Å². The van der Waals surface area contributed by atoms with E-state index < -0.39 is 0 Å². The summed E-state index contributed by atoms with van der Waals surface area (Å²) in [4.78, 5) is 18.7. The van der Waals surface area contributed by atoms with Gasteiger partial charge < -0.3 is 15.0 Å². The first-order valence-corrected chi connectivity index (χ1v) is 9.86. The second-order valence-corrected chi connectivity index (χ2v) is 7.41. The van der Waals surface area contributed by atoms with E-state index in [9.17, 15) is 4.79 Å². The fraction of sp³-hybridized carbons (Fsp3) is 0.500. The van der Waals surface area contributed by atoms with Gasteiger partial charge in [0.05, 0.1) is 18.0 Å². The molecule has 0 unspecified atom stereocenters. The number of nitrogens with one attached hydrogen (secondary N) is 2. The molecular weight excluding hydrogens is 350 g/mol. The number of rotatable bonds is 6. The second kappa shape index (κ2) is 8.55. The first-order valence-electron chi connectivity index (χ1n) is 8.88. The summed E-state index contributed by atoms with van der Waals surface area (Å²) in [5.41, 5.74) is 1.94. The van der Waals surface area contributed by atoms with Gasteiger partial charge in [0, 0.05) is 30.9 Å². The zero-order valence-corrected chi connectivity index (χ0v) is 16.2. The number of thioether (sulfide) groups is 1. The summed E-state index contributed by atoms with van der Waals surface area (Å²) in [7, 11) is 0. The van der Waals surface area contributed by atoms with Crippen LogP contribution in [0.4, 0.5) is 11.4 Å². The van der Waals surface area contributed by atoms with E-state index in [0.717, 1.165) is 36.7 Å². The van der Waals surface area contributed by atoms with Crippen LogP contribution in [0, 0.1) is 0 Å². The van der Waals surface area contributed by atoms with Crippen LogP contribution >= 0.6 is 11.8 Å². The molecule has 1 fully saturated rings. The average molecular weight is 375 g/mol. The van der Waals surface area contributed by atoms with Crippen LogP contribution in [0.1, 0.15) is 26.6 Å². The summed E-state index contributed by atoms with van der Waals surface area (Å²) in [6.07, 6.45) is 1.24. The highest BCUT2D eigenvalue weighted by atomic mass is 32.2. The van der Waals surface area contributed by atoms with Crippen molar-refractivity contribution in [2.75, 3.05) is 29.1 Å². The predicted octanol–water partition coefficient (Wildman–Crippen LogP) is 2.71. The first-order chi connectivity index (χ1) is 12.5. The number of hydrogen-bond acceptors (Lipinski definition) is 6. The number of carbonyl (C=O) groups excluding carboxylic acids is 1. The molecule has 1 saturated heterocycles. The largest absolute Gasteiger partial charge is 0.372 e. The highest BCUT2D eigenvalue weighted by Gasteiger charge is 2.22. The van der Waals surface area contributed by atoms with Crippen LogP contribution in [0.5, 0.6) is 0 Å². The molecule has 140 valence electrons. The standard InChI is InChI=1S/C18H25N5O2S/c1-4-16-20-18(22-21-16)26-11-17(24)19-14-5-7-15(8-6-14)23-9-12(2)25-13(3)10-23/h5-8,12-13H,4,9-11H2,1-3H3,(H,19,24)(H,20,21,22)/t12-,13+. The number of anilines is 2. The molecule has 8 heteroatoms. The number of aromatic amines is 1. The fourth-order valence-corrected chi connectivity index (χ4v) is 3.59. The Morgan fingerprint density at radius 1 is 1.31 bits per heavy atom. The van der Waals surface area contributed by atoms with Crippen molar-refractivity contribution in [1.29, 1.82) is 0 Å². The second-order valence-electron chi connectivity index (χ2n) is 6.46. The Bertz CT molecular complexity index is 723. The number of H-pyrrole nitrogens is 1.